The van der Waals surface area contributed by atoms with Crippen LogP contribution >= 0.6 is 0 Å². The number of benzene rings is 2. The van der Waals surface area contributed by atoms with Gasteiger partial charge in [0.25, 0.3) is 0 Å². The van der Waals surface area contributed by atoms with E-state index in [0.717, 1.165) is 41.8 Å². The number of fused-ring (bicyclic) bond motifs is 3. The minimum absolute atomic E-state index is 0.134. The molecule has 1 saturated carbocycles. The molecule has 1 aliphatic heterocycles. The highest BCUT2D eigenvalue weighted by molar-refractivity contribution is 5.99. The molecule has 1 fully saturated rings. The van der Waals surface area contributed by atoms with Gasteiger partial charge in [0.2, 0.25) is 0 Å². The molecular formula is C21H17F2N3O2. The van der Waals surface area contributed by atoms with Crippen LogP contribution < -0.4 is 16.4 Å². The van der Waals surface area contributed by atoms with Gasteiger partial charge in [-0.3, -0.25) is 4.98 Å². The lowest BCUT2D eigenvalue weighted by molar-refractivity contribution is 0.528. The van der Waals surface area contributed by atoms with Crippen molar-refractivity contribution >= 4 is 17.1 Å². The zero-order valence-corrected chi connectivity index (χ0v) is 15.1. The molecule has 5 nitrogen and oxygen atoms in total. The number of aromatic nitrogens is 1. The molecule has 3 N–H and O–H groups in total. The summed E-state index contributed by atoms with van der Waals surface area (Å²) in [7, 11) is 0. The molecule has 2 aliphatic rings. The minimum atomic E-state index is -0.670. The van der Waals surface area contributed by atoms with E-state index in [1.165, 1.54) is 0 Å². The Bertz CT molecular complexity index is 1220. The van der Waals surface area contributed by atoms with E-state index in [9.17, 15) is 13.6 Å². The molecule has 0 saturated heterocycles. The standard InChI is InChI=1S/C21H17F2N3O2/c1-9-12(14-7-16(23)17(24)8-15(14)22)5-6-13-19(9)26(11-3-4-11)10(2)18-20(13)28-21(27)25-18/h5-8,11H,2-4,24H2,1H3,(H,25,27). The molecule has 0 bridgehead atoms. The van der Waals surface area contributed by atoms with E-state index < -0.39 is 17.4 Å². The lowest BCUT2D eigenvalue weighted by Crippen LogP contribution is -2.28. The number of halogens is 2. The number of anilines is 2. The van der Waals surface area contributed by atoms with Crippen molar-refractivity contribution in [3.05, 3.63) is 64.3 Å². The molecule has 0 radical (unpaired) electrons. The first-order chi connectivity index (χ1) is 13.4. The average Bonchev–Trinajstić information content (AvgIpc) is 3.40. The number of hydrogen-bond donors (Lipinski definition) is 2. The number of H-pyrrole nitrogens is 1. The maximum absolute atomic E-state index is 14.6. The molecule has 1 aromatic heterocycles. The number of aromatic amines is 1. The molecule has 0 spiro atoms. The third kappa shape index (κ3) is 2.25. The number of nitrogens with two attached hydrogens (primary N) is 1. The largest absolute Gasteiger partial charge is 0.417 e. The van der Waals surface area contributed by atoms with E-state index in [1.54, 1.807) is 12.1 Å². The molecule has 28 heavy (non-hydrogen) atoms. The first kappa shape index (κ1) is 16.8. The first-order valence-corrected chi connectivity index (χ1v) is 8.97. The van der Waals surface area contributed by atoms with Crippen LogP contribution in [-0.2, 0) is 0 Å². The Morgan fingerprint density at radius 2 is 1.89 bits per heavy atom. The quantitative estimate of drug-likeness (QED) is 0.644. The molecule has 7 heteroatoms. The second-order valence-corrected chi connectivity index (χ2v) is 7.25. The summed E-state index contributed by atoms with van der Waals surface area (Å²) in [5.41, 5.74) is 9.41. The van der Waals surface area contributed by atoms with Crippen LogP contribution in [0.4, 0.5) is 20.2 Å². The highest BCUT2D eigenvalue weighted by atomic mass is 19.1. The van der Waals surface area contributed by atoms with Crippen molar-refractivity contribution in [1.82, 2.24) is 4.98 Å². The summed E-state index contributed by atoms with van der Waals surface area (Å²) >= 11 is 0. The van der Waals surface area contributed by atoms with Gasteiger partial charge in [0.15, 0.2) is 5.76 Å². The Kier molecular flexibility index (Phi) is 3.34. The number of nitrogens with one attached hydrogen (secondary N) is 1. The van der Waals surface area contributed by atoms with Crippen LogP contribution in [0.1, 0.15) is 24.1 Å². The number of nitrogen functional groups attached to an aromatic ring is 1. The summed E-state index contributed by atoms with van der Waals surface area (Å²) in [6.45, 7) is 5.99. The molecule has 0 atom stereocenters. The van der Waals surface area contributed by atoms with Gasteiger partial charge in [-0.25, -0.2) is 13.6 Å². The third-order valence-corrected chi connectivity index (χ3v) is 5.43. The maximum atomic E-state index is 14.6. The second kappa shape index (κ2) is 5.58. The fourth-order valence-electron chi connectivity index (χ4n) is 3.97. The summed E-state index contributed by atoms with van der Waals surface area (Å²) in [6.07, 6.45) is 1.98. The van der Waals surface area contributed by atoms with E-state index in [1.807, 2.05) is 6.92 Å². The Labute approximate surface area is 159 Å². The second-order valence-electron chi connectivity index (χ2n) is 7.25. The molecule has 0 unspecified atom stereocenters. The van der Waals surface area contributed by atoms with Gasteiger partial charge in [0.05, 0.1) is 17.1 Å². The summed E-state index contributed by atoms with van der Waals surface area (Å²) in [4.78, 5) is 16.6. The summed E-state index contributed by atoms with van der Waals surface area (Å²) in [5.74, 6) is -1.40. The molecule has 3 aromatic rings. The van der Waals surface area contributed by atoms with Crippen LogP contribution in [0.15, 0.2) is 40.1 Å². The zero-order chi connectivity index (χ0) is 19.7. The molecular weight excluding hydrogens is 364 g/mol. The average molecular weight is 381 g/mol. The number of rotatable bonds is 2. The monoisotopic (exact) mass is 381 g/mol. The summed E-state index contributed by atoms with van der Waals surface area (Å²) < 4.78 is 34.0. The first-order valence-electron chi connectivity index (χ1n) is 8.97. The Balaban J connectivity index is 1.79. The van der Waals surface area contributed by atoms with E-state index in [-0.39, 0.29) is 17.3 Å². The van der Waals surface area contributed by atoms with Crippen LogP contribution in [0.5, 0.6) is 0 Å². The van der Waals surface area contributed by atoms with Gasteiger partial charge in [-0.05, 0) is 43.0 Å². The number of oxazole rings is 1. The van der Waals surface area contributed by atoms with Gasteiger partial charge in [0.1, 0.15) is 17.3 Å². The van der Waals surface area contributed by atoms with Crippen molar-refractivity contribution in [2.24, 2.45) is 0 Å². The number of hydrogen-bond acceptors (Lipinski definition) is 4. The molecule has 2 aromatic carbocycles. The minimum Gasteiger partial charge on any atom is -0.407 e. The fourth-order valence-corrected chi connectivity index (χ4v) is 3.97. The van der Waals surface area contributed by atoms with E-state index >= 15 is 0 Å². The van der Waals surface area contributed by atoms with Gasteiger partial charge in [-0.15, -0.1) is 0 Å². The smallest absolute Gasteiger partial charge is 0.407 e. The van der Waals surface area contributed by atoms with Crippen LogP contribution in [-0.4, -0.2) is 11.0 Å². The van der Waals surface area contributed by atoms with Crippen LogP contribution in [0.25, 0.3) is 28.1 Å². The van der Waals surface area contributed by atoms with Crippen molar-refractivity contribution in [2.75, 3.05) is 10.6 Å². The normalized spacial score (nSPS) is 15.5. The highest BCUT2D eigenvalue weighted by Gasteiger charge is 2.39. The van der Waals surface area contributed by atoms with Gasteiger partial charge < -0.3 is 15.1 Å². The van der Waals surface area contributed by atoms with Crippen LogP contribution in [0, 0.1) is 18.6 Å². The SMILES string of the molecule is C=C1c2[nH]c(=O)oc2-c2ccc(-c3cc(F)c(N)cc3F)c(C)c2N1C1CC1. The highest BCUT2D eigenvalue weighted by Crippen LogP contribution is 2.51. The third-order valence-electron chi connectivity index (χ3n) is 5.43. The molecule has 0 amide bonds. The van der Waals surface area contributed by atoms with Gasteiger partial charge in [0, 0.05) is 23.2 Å². The fraction of sp³-hybridized carbons (Fsp3) is 0.190. The van der Waals surface area contributed by atoms with Crippen molar-refractivity contribution in [1.29, 1.82) is 0 Å². The summed E-state index contributed by atoms with van der Waals surface area (Å²) in [5, 5.41) is 0. The lowest BCUT2D eigenvalue weighted by atomic mass is 9.91. The molecule has 2 heterocycles. The number of nitrogens with zero attached hydrogens (tertiary/aromatic N) is 1. The maximum Gasteiger partial charge on any atom is 0.417 e. The Hall–Kier alpha value is -3.35. The molecule has 1 aliphatic carbocycles. The predicted octanol–water partition coefficient (Wildman–Crippen LogP) is 4.42. The zero-order valence-electron chi connectivity index (χ0n) is 15.1. The van der Waals surface area contributed by atoms with Crippen molar-refractivity contribution in [3.8, 4) is 22.5 Å². The van der Waals surface area contributed by atoms with E-state index in [4.69, 9.17) is 10.2 Å². The van der Waals surface area contributed by atoms with Gasteiger partial charge >= 0.3 is 5.76 Å². The van der Waals surface area contributed by atoms with Crippen LogP contribution in [0.2, 0.25) is 0 Å². The Morgan fingerprint density at radius 1 is 1.18 bits per heavy atom. The predicted molar refractivity (Wildman–Crippen MR) is 104 cm³/mol. The molecule has 5 rings (SSSR count). The van der Waals surface area contributed by atoms with Gasteiger partial charge in [-0.1, -0.05) is 12.6 Å². The summed E-state index contributed by atoms with van der Waals surface area (Å²) in [6, 6.07) is 5.82. The van der Waals surface area contributed by atoms with Crippen molar-refractivity contribution < 1.29 is 13.2 Å². The van der Waals surface area contributed by atoms with Crippen LogP contribution in [0.3, 0.4) is 0 Å². The lowest BCUT2D eigenvalue weighted by Gasteiger charge is -2.34. The van der Waals surface area contributed by atoms with Gasteiger partial charge in [-0.2, -0.15) is 0 Å². The Morgan fingerprint density at radius 3 is 2.61 bits per heavy atom. The molecule has 142 valence electrons. The van der Waals surface area contributed by atoms with Crippen molar-refractivity contribution in [3.63, 3.8) is 0 Å². The van der Waals surface area contributed by atoms with Crippen molar-refractivity contribution in [2.45, 2.75) is 25.8 Å². The topological polar surface area (TPSA) is 75.3 Å². The van der Waals surface area contributed by atoms with E-state index in [2.05, 4.69) is 16.5 Å². The van der Waals surface area contributed by atoms with E-state index in [0.29, 0.717) is 22.7 Å².